The molecule has 7 heteroatoms. The molecule has 1 aromatic carbocycles. The monoisotopic (exact) mass is 331 g/mol. The zero-order valence-electron chi connectivity index (χ0n) is 13.9. The number of ether oxygens (including phenoxy) is 2. The second-order valence-electron chi connectivity index (χ2n) is 5.72. The third-order valence-electron chi connectivity index (χ3n) is 4.15. The number of carbonyl (C=O) groups excluding carboxylic acids is 1. The molecule has 1 fully saturated rings. The molecule has 1 atom stereocenters. The smallest absolute Gasteiger partial charge is 0.249 e. The summed E-state index contributed by atoms with van der Waals surface area (Å²) in [5.74, 6) is 1.64. The van der Waals surface area contributed by atoms with Crippen molar-refractivity contribution in [3.8, 4) is 17.1 Å². The maximum atomic E-state index is 12.2. The number of hydrogen-bond donors (Lipinski definition) is 0. The van der Waals surface area contributed by atoms with E-state index in [9.17, 15) is 4.79 Å². The first kappa shape index (κ1) is 16.4. The van der Waals surface area contributed by atoms with Crippen LogP contribution in [0.15, 0.2) is 28.8 Å². The molecule has 0 unspecified atom stereocenters. The van der Waals surface area contributed by atoms with Crippen molar-refractivity contribution in [2.45, 2.75) is 25.3 Å². The predicted octanol–water partition coefficient (Wildman–Crippen LogP) is 2.45. The van der Waals surface area contributed by atoms with Crippen LogP contribution in [-0.2, 0) is 9.53 Å². The van der Waals surface area contributed by atoms with Gasteiger partial charge in [0.25, 0.3) is 0 Å². The number of nitrogens with zero attached hydrogens (tertiary/aromatic N) is 3. The van der Waals surface area contributed by atoms with E-state index in [0.29, 0.717) is 18.3 Å². The van der Waals surface area contributed by atoms with Gasteiger partial charge < -0.3 is 18.9 Å². The summed E-state index contributed by atoms with van der Waals surface area (Å²) < 4.78 is 15.6. The van der Waals surface area contributed by atoms with Crippen LogP contribution in [0.2, 0.25) is 0 Å². The Kier molecular flexibility index (Phi) is 5.10. The van der Waals surface area contributed by atoms with Gasteiger partial charge in [0.2, 0.25) is 17.6 Å². The van der Waals surface area contributed by atoms with E-state index in [2.05, 4.69) is 10.1 Å². The fourth-order valence-electron chi connectivity index (χ4n) is 2.94. The lowest BCUT2D eigenvalue weighted by molar-refractivity contribution is -0.139. The van der Waals surface area contributed by atoms with Crippen LogP contribution in [0.25, 0.3) is 11.4 Å². The Morgan fingerprint density at radius 1 is 1.38 bits per heavy atom. The predicted molar refractivity (Wildman–Crippen MR) is 86.5 cm³/mol. The summed E-state index contributed by atoms with van der Waals surface area (Å²) in [6.45, 7) is 0.747. The van der Waals surface area contributed by atoms with E-state index in [-0.39, 0.29) is 18.6 Å². The molecule has 0 radical (unpaired) electrons. The van der Waals surface area contributed by atoms with E-state index >= 15 is 0 Å². The SMILES string of the molecule is COCC(=O)N1CCCC[C@H]1c1nc(-c2cccc(OC)c2)no1. The summed E-state index contributed by atoms with van der Waals surface area (Å²) >= 11 is 0. The molecule has 2 heterocycles. The number of amides is 1. The van der Waals surface area contributed by atoms with Crippen LogP contribution in [0.4, 0.5) is 0 Å². The Labute approximate surface area is 140 Å². The summed E-state index contributed by atoms with van der Waals surface area (Å²) in [6.07, 6.45) is 2.82. The number of aromatic nitrogens is 2. The lowest BCUT2D eigenvalue weighted by Crippen LogP contribution is -2.40. The topological polar surface area (TPSA) is 77.7 Å². The minimum atomic E-state index is -0.187. The molecule has 1 aliphatic heterocycles. The van der Waals surface area contributed by atoms with Gasteiger partial charge in [0.1, 0.15) is 18.4 Å². The molecule has 2 aromatic rings. The average Bonchev–Trinajstić information content (AvgIpc) is 3.12. The zero-order valence-corrected chi connectivity index (χ0v) is 13.9. The third kappa shape index (κ3) is 3.41. The van der Waals surface area contributed by atoms with E-state index in [0.717, 1.165) is 30.6 Å². The quantitative estimate of drug-likeness (QED) is 0.837. The van der Waals surface area contributed by atoms with Gasteiger partial charge in [0, 0.05) is 19.2 Å². The van der Waals surface area contributed by atoms with Crippen molar-refractivity contribution in [1.29, 1.82) is 0 Å². The van der Waals surface area contributed by atoms with Gasteiger partial charge in [-0.15, -0.1) is 0 Å². The van der Waals surface area contributed by atoms with Crippen molar-refractivity contribution >= 4 is 5.91 Å². The number of piperidine rings is 1. The molecule has 0 aliphatic carbocycles. The van der Waals surface area contributed by atoms with Crippen molar-refractivity contribution in [1.82, 2.24) is 15.0 Å². The molecule has 0 spiro atoms. The highest BCUT2D eigenvalue weighted by molar-refractivity contribution is 5.78. The van der Waals surface area contributed by atoms with E-state index in [4.69, 9.17) is 14.0 Å². The van der Waals surface area contributed by atoms with Crippen molar-refractivity contribution in [2.75, 3.05) is 27.4 Å². The minimum absolute atomic E-state index is 0.0525. The first-order valence-corrected chi connectivity index (χ1v) is 7.99. The highest BCUT2D eigenvalue weighted by Crippen LogP contribution is 2.31. The second-order valence-corrected chi connectivity index (χ2v) is 5.72. The number of hydrogen-bond acceptors (Lipinski definition) is 6. The molecule has 7 nitrogen and oxygen atoms in total. The van der Waals surface area contributed by atoms with Gasteiger partial charge in [0.05, 0.1) is 7.11 Å². The Balaban J connectivity index is 1.83. The van der Waals surface area contributed by atoms with Gasteiger partial charge in [-0.05, 0) is 31.4 Å². The van der Waals surface area contributed by atoms with E-state index in [1.165, 1.54) is 7.11 Å². The molecule has 128 valence electrons. The van der Waals surface area contributed by atoms with Crippen LogP contribution in [-0.4, -0.2) is 48.3 Å². The maximum absolute atomic E-state index is 12.2. The molecule has 24 heavy (non-hydrogen) atoms. The van der Waals surface area contributed by atoms with E-state index in [1.807, 2.05) is 24.3 Å². The second kappa shape index (κ2) is 7.44. The zero-order chi connectivity index (χ0) is 16.9. The fraction of sp³-hybridized carbons (Fsp3) is 0.471. The van der Waals surface area contributed by atoms with Crippen molar-refractivity contribution < 1.29 is 18.8 Å². The van der Waals surface area contributed by atoms with E-state index < -0.39 is 0 Å². The third-order valence-corrected chi connectivity index (χ3v) is 4.15. The van der Waals surface area contributed by atoms with Crippen LogP contribution in [0.1, 0.15) is 31.2 Å². The van der Waals surface area contributed by atoms with Crippen molar-refractivity contribution in [3.05, 3.63) is 30.2 Å². The number of benzene rings is 1. The Hall–Kier alpha value is -2.41. The summed E-state index contributed by atoms with van der Waals surface area (Å²) in [6, 6.07) is 7.29. The van der Waals surface area contributed by atoms with E-state index in [1.54, 1.807) is 12.0 Å². The Morgan fingerprint density at radius 3 is 3.04 bits per heavy atom. The van der Waals surface area contributed by atoms with Crippen molar-refractivity contribution in [3.63, 3.8) is 0 Å². The molecule has 0 saturated carbocycles. The van der Waals surface area contributed by atoms with Gasteiger partial charge >= 0.3 is 0 Å². The normalized spacial score (nSPS) is 17.8. The standard InChI is InChI=1S/C17H21N3O4/c1-22-11-15(21)20-9-4-3-8-14(20)17-18-16(19-24-17)12-6-5-7-13(10-12)23-2/h5-7,10,14H,3-4,8-9,11H2,1-2H3/t14-/m0/s1. The number of methoxy groups -OCH3 is 2. The molecule has 3 rings (SSSR count). The highest BCUT2D eigenvalue weighted by Gasteiger charge is 2.32. The summed E-state index contributed by atoms with van der Waals surface area (Å²) in [5.41, 5.74) is 0.815. The van der Waals surface area contributed by atoms with Crippen molar-refractivity contribution in [2.24, 2.45) is 0 Å². The van der Waals surface area contributed by atoms with Crippen LogP contribution in [0.5, 0.6) is 5.75 Å². The van der Waals surface area contributed by atoms with Gasteiger partial charge in [-0.3, -0.25) is 4.79 Å². The van der Waals surface area contributed by atoms with Gasteiger partial charge in [-0.2, -0.15) is 4.98 Å². The first-order valence-electron chi connectivity index (χ1n) is 7.99. The molecular weight excluding hydrogens is 310 g/mol. The van der Waals surface area contributed by atoms with Gasteiger partial charge in [0.15, 0.2) is 0 Å². The summed E-state index contributed by atoms with van der Waals surface area (Å²) in [5, 5.41) is 4.07. The van der Waals surface area contributed by atoms with Crippen LogP contribution in [0, 0.1) is 0 Å². The average molecular weight is 331 g/mol. The molecular formula is C17H21N3O4. The molecule has 0 N–H and O–H groups in total. The summed E-state index contributed by atoms with van der Waals surface area (Å²) in [4.78, 5) is 18.5. The van der Waals surface area contributed by atoms with Crippen LogP contribution < -0.4 is 4.74 Å². The van der Waals surface area contributed by atoms with Crippen LogP contribution in [0.3, 0.4) is 0 Å². The molecule has 1 aliphatic rings. The first-order chi connectivity index (χ1) is 11.7. The molecule has 1 saturated heterocycles. The molecule has 0 bridgehead atoms. The maximum Gasteiger partial charge on any atom is 0.249 e. The highest BCUT2D eigenvalue weighted by atomic mass is 16.5. The lowest BCUT2D eigenvalue weighted by Gasteiger charge is -2.33. The summed E-state index contributed by atoms with van der Waals surface area (Å²) in [7, 11) is 3.13. The fourth-order valence-corrected chi connectivity index (χ4v) is 2.94. The molecule has 1 amide bonds. The van der Waals surface area contributed by atoms with Crippen LogP contribution >= 0.6 is 0 Å². The number of carbonyl (C=O) groups is 1. The lowest BCUT2D eigenvalue weighted by atomic mass is 10.0. The van der Waals surface area contributed by atoms with Gasteiger partial charge in [-0.25, -0.2) is 0 Å². The number of likely N-dealkylation sites (tertiary alicyclic amines) is 1. The molecule has 1 aromatic heterocycles. The van der Waals surface area contributed by atoms with Gasteiger partial charge in [-0.1, -0.05) is 17.3 Å². The Bertz CT molecular complexity index is 701. The Morgan fingerprint density at radius 2 is 2.25 bits per heavy atom. The largest absolute Gasteiger partial charge is 0.497 e. The number of rotatable bonds is 5. The minimum Gasteiger partial charge on any atom is -0.497 e.